The van der Waals surface area contributed by atoms with Crippen molar-refractivity contribution >= 4 is 35.1 Å². The third-order valence-corrected chi connectivity index (χ3v) is 4.83. The summed E-state index contributed by atoms with van der Waals surface area (Å²) < 4.78 is 0. The lowest BCUT2D eigenvalue weighted by Crippen LogP contribution is -2.41. The smallest absolute Gasteiger partial charge is 0.326 e. The summed E-state index contributed by atoms with van der Waals surface area (Å²) in [6, 6.07) is 11.2. The Labute approximate surface area is 155 Å². The van der Waals surface area contributed by atoms with E-state index in [-0.39, 0.29) is 0 Å². The number of benzene rings is 2. The van der Waals surface area contributed by atoms with Crippen molar-refractivity contribution in [2.75, 3.05) is 0 Å². The molecular weight excluding hydrogens is 361 g/mol. The van der Waals surface area contributed by atoms with E-state index in [1.165, 1.54) is 0 Å². The van der Waals surface area contributed by atoms with Crippen LogP contribution in [0.2, 0.25) is 10.0 Å². The zero-order chi connectivity index (χ0) is 18.0. The van der Waals surface area contributed by atoms with Crippen LogP contribution in [0.4, 0.5) is 0 Å². The maximum atomic E-state index is 12.5. The number of carboxylic acid groups (broad SMARTS) is 1. The van der Waals surface area contributed by atoms with E-state index in [2.05, 4.69) is 5.32 Å². The number of aliphatic carboxylic acids is 1. The third kappa shape index (κ3) is 4.53. The summed E-state index contributed by atoms with van der Waals surface area (Å²) in [7, 11) is 0. The van der Waals surface area contributed by atoms with Crippen molar-refractivity contribution in [2.45, 2.75) is 25.3 Å². The summed E-state index contributed by atoms with van der Waals surface area (Å²) in [5.41, 5.74) is 1.90. The first-order chi connectivity index (χ1) is 11.9. The van der Waals surface area contributed by atoms with Crippen LogP contribution in [0.1, 0.15) is 29.6 Å². The van der Waals surface area contributed by atoms with Crippen LogP contribution >= 0.6 is 23.2 Å². The van der Waals surface area contributed by atoms with Gasteiger partial charge >= 0.3 is 5.97 Å². The molecule has 1 saturated carbocycles. The largest absolute Gasteiger partial charge is 0.480 e. The number of carboxylic acids is 1. The highest BCUT2D eigenvalue weighted by Gasteiger charge is 2.30. The molecule has 1 aliphatic rings. The zero-order valence-corrected chi connectivity index (χ0v) is 14.8. The van der Waals surface area contributed by atoms with Gasteiger partial charge in [-0.1, -0.05) is 48.2 Å². The van der Waals surface area contributed by atoms with Gasteiger partial charge in [-0.3, -0.25) is 4.79 Å². The average molecular weight is 378 g/mol. The normalized spacial score (nSPS) is 14.8. The molecule has 1 atom stereocenters. The van der Waals surface area contributed by atoms with Gasteiger partial charge in [0.05, 0.1) is 0 Å². The quantitative estimate of drug-likeness (QED) is 0.769. The Balaban J connectivity index is 1.81. The Morgan fingerprint density at radius 3 is 2.40 bits per heavy atom. The summed E-state index contributed by atoms with van der Waals surface area (Å²) in [5, 5.41) is 13.0. The van der Waals surface area contributed by atoms with Gasteiger partial charge in [-0.25, -0.2) is 4.79 Å². The molecule has 3 rings (SSSR count). The number of hydrogen-bond donors (Lipinski definition) is 2. The van der Waals surface area contributed by atoms with E-state index in [0.717, 1.165) is 18.4 Å². The van der Waals surface area contributed by atoms with E-state index in [1.807, 2.05) is 12.1 Å². The molecule has 1 fully saturated rings. The first-order valence-electron chi connectivity index (χ1n) is 8.03. The molecule has 0 heterocycles. The predicted molar refractivity (Wildman–Crippen MR) is 98.1 cm³/mol. The minimum absolute atomic E-state index is 0.372. The standard InChI is InChI=1S/C19H17Cl2NO3/c20-14-6-3-12(4-7-14)15-10-13(5-8-16(15)21)18(23)22-17(19(24)25)9-11-1-2-11/h3-8,10-11,17H,1-2,9H2,(H,22,23)(H,24,25)/t17-/m1/s1. The minimum Gasteiger partial charge on any atom is -0.480 e. The second-order valence-corrected chi connectivity index (χ2v) is 7.09. The van der Waals surface area contributed by atoms with E-state index in [1.54, 1.807) is 30.3 Å². The van der Waals surface area contributed by atoms with Gasteiger partial charge in [-0.15, -0.1) is 0 Å². The Bertz CT molecular complexity index is 801. The van der Waals surface area contributed by atoms with Crippen LogP contribution in [-0.4, -0.2) is 23.0 Å². The van der Waals surface area contributed by atoms with Crippen molar-refractivity contribution in [3.8, 4) is 11.1 Å². The number of hydrogen-bond acceptors (Lipinski definition) is 2. The van der Waals surface area contributed by atoms with Gasteiger partial charge < -0.3 is 10.4 Å². The highest BCUT2D eigenvalue weighted by Crippen LogP contribution is 2.34. The first kappa shape index (κ1) is 17.8. The lowest BCUT2D eigenvalue weighted by Gasteiger charge is -2.15. The van der Waals surface area contributed by atoms with E-state index < -0.39 is 17.9 Å². The average Bonchev–Trinajstić information content (AvgIpc) is 3.39. The topological polar surface area (TPSA) is 66.4 Å². The van der Waals surface area contributed by atoms with Gasteiger partial charge in [0.15, 0.2) is 0 Å². The number of carbonyl (C=O) groups is 2. The second kappa shape index (κ2) is 7.46. The molecule has 0 saturated heterocycles. The highest BCUT2D eigenvalue weighted by molar-refractivity contribution is 6.33. The van der Waals surface area contributed by atoms with Crippen LogP contribution < -0.4 is 5.32 Å². The number of rotatable bonds is 6. The van der Waals surface area contributed by atoms with E-state index >= 15 is 0 Å². The Morgan fingerprint density at radius 2 is 1.80 bits per heavy atom. The zero-order valence-electron chi connectivity index (χ0n) is 13.3. The third-order valence-electron chi connectivity index (χ3n) is 4.25. The maximum absolute atomic E-state index is 12.5. The summed E-state index contributed by atoms with van der Waals surface area (Å²) in [6.45, 7) is 0. The predicted octanol–water partition coefficient (Wildman–Crippen LogP) is 4.64. The second-order valence-electron chi connectivity index (χ2n) is 6.24. The molecule has 0 unspecified atom stereocenters. The summed E-state index contributed by atoms with van der Waals surface area (Å²) in [5.74, 6) is -1.02. The fraction of sp³-hybridized carbons (Fsp3) is 0.263. The lowest BCUT2D eigenvalue weighted by molar-refractivity contribution is -0.139. The fourth-order valence-electron chi connectivity index (χ4n) is 2.67. The molecule has 6 heteroatoms. The monoisotopic (exact) mass is 377 g/mol. The Morgan fingerprint density at radius 1 is 1.12 bits per heavy atom. The number of carbonyl (C=O) groups excluding carboxylic acids is 1. The lowest BCUT2D eigenvalue weighted by atomic mass is 10.0. The minimum atomic E-state index is -1.01. The van der Waals surface area contributed by atoms with Crippen molar-refractivity contribution in [1.82, 2.24) is 5.32 Å². The molecule has 4 nitrogen and oxygen atoms in total. The van der Waals surface area contributed by atoms with Crippen molar-refractivity contribution in [3.05, 3.63) is 58.1 Å². The number of amides is 1. The van der Waals surface area contributed by atoms with Crippen molar-refractivity contribution in [3.63, 3.8) is 0 Å². The fourth-order valence-corrected chi connectivity index (χ4v) is 3.02. The van der Waals surface area contributed by atoms with Crippen LogP contribution in [0, 0.1) is 5.92 Å². The molecule has 0 spiro atoms. The summed E-state index contributed by atoms with van der Waals surface area (Å²) in [4.78, 5) is 23.8. The number of halogens is 2. The van der Waals surface area contributed by atoms with Crippen LogP contribution in [0.3, 0.4) is 0 Å². The molecule has 0 aromatic heterocycles. The first-order valence-corrected chi connectivity index (χ1v) is 8.79. The molecule has 2 aromatic rings. The summed E-state index contributed by atoms with van der Waals surface area (Å²) >= 11 is 12.2. The molecule has 1 amide bonds. The van der Waals surface area contributed by atoms with E-state index in [4.69, 9.17) is 23.2 Å². The van der Waals surface area contributed by atoms with Crippen LogP contribution in [-0.2, 0) is 4.79 Å². The van der Waals surface area contributed by atoms with Crippen molar-refractivity contribution in [2.24, 2.45) is 5.92 Å². The Hall–Kier alpha value is -2.04. The van der Waals surface area contributed by atoms with Crippen molar-refractivity contribution < 1.29 is 14.7 Å². The van der Waals surface area contributed by atoms with Gasteiger partial charge in [0.1, 0.15) is 6.04 Å². The SMILES string of the molecule is O=C(N[C@H](CC1CC1)C(=O)O)c1ccc(Cl)c(-c2ccc(Cl)cc2)c1. The Kier molecular flexibility index (Phi) is 5.30. The molecule has 25 heavy (non-hydrogen) atoms. The van der Waals surface area contributed by atoms with Crippen LogP contribution in [0.15, 0.2) is 42.5 Å². The molecular formula is C19H17Cl2NO3. The molecule has 0 radical (unpaired) electrons. The van der Waals surface area contributed by atoms with Gasteiger partial charge in [0.25, 0.3) is 5.91 Å². The van der Waals surface area contributed by atoms with E-state index in [0.29, 0.717) is 33.5 Å². The molecule has 2 aromatic carbocycles. The molecule has 0 bridgehead atoms. The van der Waals surface area contributed by atoms with Crippen LogP contribution in [0.5, 0.6) is 0 Å². The van der Waals surface area contributed by atoms with Gasteiger partial charge in [0, 0.05) is 21.2 Å². The maximum Gasteiger partial charge on any atom is 0.326 e. The van der Waals surface area contributed by atoms with Gasteiger partial charge in [-0.05, 0) is 48.2 Å². The molecule has 130 valence electrons. The van der Waals surface area contributed by atoms with Gasteiger partial charge in [-0.2, -0.15) is 0 Å². The van der Waals surface area contributed by atoms with Crippen LogP contribution in [0.25, 0.3) is 11.1 Å². The molecule has 1 aliphatic carbocycles. The van der Waals surface area contributed by atoms with E-state index in [9.17, 15) is 14.7 Å². The molecule has 2 N–H and O–H groups in total. The molecule has 0 aliphatic heterocycles. The summed E-state index contributed by atoms with van der Waals surface area (Å²) in [6.07, 6.45) is 2.53. The highest BCUT2D eigenvalue weighted by atomic mass is 35.5. The van der Waals surface area contributed by atoms with Crippen molar-refractivity contribution in [1.29, 1.82) is 0 Å². The van der Waals surface area contributed by atoms with Gasteiger partial charge in [0.2, 0.25) is 0 Å². The number of nitrogens with one attached hydrogen (secondary N) is 1.